The lowest BCUT2D eigenvalue weighted by molar-refractivity contribution is -0.0360. The summed E-state index contributed by atoms with van der Waals surface area (Å²) in [5.74, 6) is 0.799. The van der Waals surface area contributed by atoms with Crippen molar-refractivity contribution in [2.75, 3.05) is 19.7 Å². The molecular weight excluding hydrogens is 250 g/mol. The van der Waals surface area contributed by atoms with Gasteiger partial charge in [-0.05, 0) is 19.3 Å². The number of morpholine rings is 1. The second-order valence-electron chi connectivity index (χ2n) is 6.43. The molecule has 1 saturated heterocycles. The zero-order valence-electron chi connectivity index (χ0n) is 13.4. The predicted molar refractivity (Wildman–Crippen MR) is 81.7 cm³/mol. The SMILES string of the molecule is Cc1c(CN2CCO[C@H](CCCC(C)C)C2)cnn1C. The van der Waals surface area contributed by atoms with Crippen molar-refractivity contribution in [3.05, 3.63) is 17.5 Å². The molecular formula is C16H29N3O. The first kappa shape index (κ1) is 15.5. The maximum absolute atomic E-state index is 5.90. The Kier molecular flexibility index (Phi) is 5.61. The molecule has 4 nitrogen and oxygen atoms in total. The van der Waals surface area contributed by atoms with E-state index in [-0.39, 0.29) is 0 Å². The van der Waals surface area contributed by atoms with Crippen LogP contribution in [0.5, 0.6) is 0 Å². The molecule has 114 valence electrons. The first-order chi connectivity index (χ1) is 9.56. The number of rotatable bonds is 6. The smallest absolute Gasteiger partial charge is 0.0702 e. The molecule has 2 heterocycles. The third-order valence-corrected chi connectivity index (χ3v) is 4.26. The second kappa shape index (κ2) is 7.23. The number of hydrogen-bond acceptors (Lipinski definition) is 3. The summed E-state index contributed by atoms with van der Waals surface area (Å²) in [7, 11) is 2.01. The van der Waals surface area contributed by atoms with Gasteiger partial charge in [0.05, 0.1) is 18.9 Å². The van der Waals surface area contributed by atoms with E-state index in [1.165, 1.54) is 30.5 Å². The highest BCUT2D eigenvalue weighted by Crippen LogP contribution is 2.17. The first-order valence-corrected chi connectivity index (χ1v) is 7.87. The molecule has 0 aromatic carbocycles. The molecule has 0 N–H and O–H groups in total. The van der Waals surface area contributed by atoms with Crippen molar-refractivity contribution in [2.24, 2.45) is 13.0 Å². The lowest BCUT2D eigenvalue weighted by Crippen LogP contribution is -2.41. The Morgan fingerprint density at radius 3 is 2.90 bits per heavy atom. The fourth-order valence-electron chi connectivity index (χ4n) is 2.79. The maximum Gasteiger partial charge on any atom is 0.0702 e. The van der Waals surface area contributed by atoms with Crippen LogP contribution in [0.1, 0.15) is 44.4 Å². The molecule has 0 spiro atoms. The Balaban J connectivity index is 1.80. The Bertz CT molecular complexity index is 414. The maximum atomic E-state index is 5.90. The lowest BCUT2D eigenvalue weighted by Gasteiger charge is -2.33. The number of aryl methyl sites for hydroxylation is 1. The fourth-order valence-corrected chi connectivity index (χ4v) is 2.79. The lowest BCUT2D eigenvalue weighted by atomic mass is 10.0. The molecule has 0 amide bonds. The third-order valence-electron chi connectivity index (χ3n) is 4.26. The van der Waals surface area contributed by atoms with Crippen LogP contribution in [0.3, 0.4) is 0 Å². The molecule has 1 aliphatic heterocycles. The van der Waals surface area contributed by atoms with E-state index in [4.69, 9.17) is 4.74 Å². The van der Waals surface area contributed by atoms with Crippen molar-refractivity contribution >= 4 is 0 Å². The summed E-state index contributed by atoms with van der Waals surface area (Å²) in [6.45, 7) is 10.7. The van der Waals surface area contributed by atoms with Gasteiger partial charge in [-0.2, -0.15) is 5.10 Å². The van der Waals surface area contributed by atoms with Gasteiger partial charge in [-0.3, -0.25) is 9.58 Å². The molecule has 4 heteroatoms. The average Bonchev–Trinajstić information content (AvgIpc) is 2.71. The van der Waals surface area contributed by atoms with Crippen molar-refractivity contribution in [2.45, 2.75) is 52.7 Å². The van der Waals surface area contributed by atoms with Crippen LogP contribution in [0.2, 0.25) is 0 Å². The van der Waals surface area contributed by atoms with Crippen molar-refractivity contribution in [3.8, 4) is 0 Å². The molecule has 1 fully saturated rings. The molecule has 0 saturated carbocycles. The van der Waals surface area contributed by atoms with Crippen LogP contribution in [-0.2, 0) is 18.3 Å². The monoisotopic (exact) mass is 279 g/mol. The zero-order chi connectivity index (χ0) is 14.5. The summed E-state index contributed by atoms with van der Waals surface area (Å²) in [6, 6.07) is 0. The summed E-state index contributed by atoms with van der Waals surface area (Å²) < 4.78 is 7.85. The van der Waals surface area contributed by atoms with Gasteiger partial charge in [0.15, 0.2) is 0 Å². The van der Waals surface area contributed by atoms with Crippen LogP contribution in [0.4, 0.5) is 0 Å². The van der Waals surface area contributed by atoms with Gasteiger partial charge in [0.1, 0.15) is 0 Å². The number of hydrogen-bond donors (Lipinski definition) is 0. The van der Waals surface area contributed by atoms with Gasteiger partial charge in [0, 0.05) is 37.9 Å². The summed E-state index contributed by atoms with van der Waals surface area (Å²) >= 11 is 0. The highest BCUT2D eigenvalue weighted by atomic mass is 16.5. The second-order valence-corrected chi connectivity index (χ2v) is 6.43. The molecule has 20 heavy (non-hydrogen) atoms. The van der Waals surface area contributed by atoms with Crippen LogP contribution in [0, 0.1) is 12.8 Å². The molecule has 0 bridgehead atoms. The topological polar surface area (TPSA) is 30.3 Å². The van der Waals surface area contributed by atoms with Crippen LogP contribution in [-0.4, -0.2) is 40.5 Å². The Labute approximate surface area is 123 Å². The molecule has 0 radical (unpaired) electrons. The largest absolute Gasteiger partial charge is 0.376 e. The predicted octanol–water partition coefficient (Wildman–Crippen LogP) is 2.76. The quantitative estimate of drug-likeness (QED) is 0.802. The molecule has 1 aromatic heterocycles. The number of nitrogens with zero attached hydrogens (tertiary/aromatic N) is 3. The zero-order valence-corrected chi connectivity index (χ0v) is 13.4. The normalized spacial score (nSPS) is 20.8. The standard InChI is InChI=1S/C16H29N3O/c1-13(2)6-5-7-16-12-19(8-9-20-16)11-15-10-17-18(4)14(15)3/h10,13,16H,5-9,11-12H2,1-4H3/t16-/m1/s1. The Morgan fingerprint density at radius 1 is 1.45 bits per heavy atom. The van der Waals surface area contributed by atoms with Crippen molar-refractivity contribution in [1.82, 2.24) is 14.7 Å². The summed E-state index contributed by atoms with van der Waals surface area (Å²) in [5, 5.41) is 4.33. The molecule has 2 rings (SSSR count). The first-order valence-electron chi connectivity index (χ1n) is 7.87. The fraction of sp³-hybridized carbons (Fsp3) is 0.812. The average molecular weight is 279 g/mol. The summed E-state index contributed by atoms with van der Waals surface area (Å²) in [5.41, 5.74) is 2.61. The Morgan fingerprint density at radius 2 is 2.25 bits per heavy atom. The van der Waals surface area contributed by atoms with Crippen LogP contribution in [0.25, 0.3) is 0 Å². The van der Waals surface area contributed by atoms with Crippen LogP contribution < -0.4 is 0 Å². The van der Waals surface area contributed by atoms with Gasteiger partial charge in [-0.15, -0.1) is 0 Å². The molecule has 1 aromatic rings. The number of aromatic nitrogens is 2. The van der Waals surface area contributed by atoms with E-state index >= 15 is 0 Å². The minimum absolute atomic E-state index is 0.416. The van der Waals surface area contributed by atoms with Crippen molar-refractivity contribution in [1.29, 1.82) is 0 Å². The summed E-state index contributed by atoms with van der Waals surface area (Å²) in [4.78, 5) is 2.51. The van der Waals surface area contributed by atoms with Gasteiger partial charge in [-0.1, -0.05) is 26.7 Å². The van der Waals surface area contributed by atoms with Crippen molar-refractivity contribution < 1.29 is 4.74 Å². The molecule has 1 atom stereocenters. The molecule has 0 unspecified atom stereocenters. The van der Waals surface area contributed by atoms with E-state index in [1.807, 2.05) is 17.9 Å². The number of ether oxygens (including phenoxy) is 1. The molecule has 0 aliphatic carbocycles. The minimum Gasteiger partial charge on any atom is -0.376 e. The van der Waals surface area contributed by atoms with Crippen LogP contribution >= 0.6 is 0 Å². The van der Waals surface area contributed by atoms with Gasteiger partial charge in [-0.25, -0.2) is 0 Å². The Hall–Kier alpha value is -0.870. The summed E-state index contributed by atoms with van der Waals surface area (Å²) in [6.07, 6.45) is 6.20. The highest BCUT2D eigenvalue weighted by molar-refractivity contribution is 5.15. The van der Waals surface area contributed by atoms with Gasteiger partial charge in [0.2, 0.25) is 0 Å². The van der Waals surface area contributed by atoms with E-state index in [0.717, 1.165) is 32.2 Å². The van der Waals surface area contributed by atoms with Crippen molar-refractivity contribution in [3.63, 3.8) is 0 Å². The van der Waals surface area contributed by atoms with Crippen LogP contribution in [0.15, 0.2) is 6.20 Å². The van der Waals surface area contributed by atoms with Gasteiger partial charge < -0.3 is 4.74 Å². The van der Waals surface area contributed by atoms with E-state index in [9.17, 15) is 0 Å². The van der Waals surface area contributed by atoms with E-state index in [1.54, 1.807) is 0 Å². The molecule has 1 aliphatic rings. The van der Waals surface area contributed by atoms with Gasteiger partial charge >= 0.3 is 0 Å². The van der Waals surface area contributed by atoms with E-state index < -0.39 is 0 Å². The highest BCUT2D eigenvalue weighted by Gasteiger charge is 2.21. The minimum atomic E-state index is 0.416. The third kappa shape index (κ3) is 4.32. The van der Waals surface area contributed by atoms with E-state index in [2.05, 4.69) is 30.8 Å². The van der Waals surface area contributed by atoms with E-state index in [0.29, 0.717) is 6.10 Å². The van der Waals surface area contributed by atoms with Gasteiger partial charge in [0.25, 0.3) is 0 Å².